The van der Waals surface area contributed by atoms with E-state index in [0.717, 1.165) is 12.8 Å². The van der Waals surface area contributed by atoms with Gasteiger partial charge in [0, 0.05) is 12.5 Å². The molecule has 0 aromatic rings. The molecule has 2 heterocycles. The maximum Gasteiger partial charge on any atom is 0.329 e. The number of hydrogen-bond acceptors (Lipinski definition) is 2. The van der Waals surface area contributed by atoms with E-state index in [1.165, 1.54) is 4.90 Å². The Labute approximate surface area is 82.9 Å². The van der Waals surface area contributed by atoms with Gasteiger partial charge in [-0.25, -0.2) is 4.79 Å². The van der Waals surface area contributed by atoms with Gasteiger partial charge in [-0.05, 0) is 32.6 Å². The molecule has 0 aromatic heterocycles. The number of piperidine rings is 2. The summed E-state index contributed by atoms with van der Waals surface area (Å²) in [6, 6.07) is 0. The zero-order valence-electron chi connectivity index (χ0n) is 8.49. The van der Waals surface area contributed by atoms with Gasteiger partial charge in [-0.2, -0.15) is 0 Å². The van der Waals surface area contributed by atoms with Crippen LogP contribution in [0.4, 0.5) is 0 Å². The molecule has 0 spiro atoms. The number of carboxylic acids is 1. The summed E-state index contributed by atoms with van der Waals surface area (Å²) >= 11 is 0. The summed E-state index contributed by atoms with van der Waals surface area (Å²) in [6.07, 6.45) is 1.93. The van der Waals surface area contributed by atoms with Crippen LogP contribution in [0, 0.1) is 11.8 Å². The van der Waals surface area contributed by atoms with Crippen molar-refractivity contribution in [3.63, 3.8) is 0 Å². The molecule has 78 valence electrons. The van der Waals surface area contributed by atoms with Gasteiger partial charge < -0.3 is 10.0 Å². The number of aliphatic carboxylic acids is 1. The second kappa shape index (κ2) is 2.72. The molecule has 1 saturated carbocycles. The van der Waals surface area contributed by atoms with Gasteiger partial charge in [-0.3, -0.25) is 4.79 Å². The summed E-state index contributed by atoms with van der Waals surface area (Å²) in [5.74, 6) is -0.254. The minimum Gasteiger partial charge on any atom is -0.480 e. The fourth-order valence-corrected chi connectivity index (χ4v) is 2.27. The third-order valence-corrected chi connectivity index (χ3v) is 3.49. The Kier molecular flexibility index (Phi) is 1.84. The lowest BCUT2D eigenvalue weighted by Crippen LogP contribution is -2.62. The van der Waals surface area contributed by atoms with Gasteiger partial charge in [-0.1, -0.05) is 0 Å². The molecule has 0 aromatic carbocycles. The number of carbonyl (C=O) groups is 2. The molecule has 4 heteroatoms. The minimum atomic E-state index is -1.05. The van der Waals surface area contributed by atoms with Crippen molar-refractivity contribution in [2.24, 2.45) is 11.8 Å². The highest BCUT2D eigenvalue weighted by molar-refractivity contribution is 5.88. The molecule has 2 bridgehead atoms. The molecule has 0 unspecified atom stereocenters. The summed E-state index contributed by atoms with van der Waals surface area (Å²) in [4.78, 5) is 24.3. The van der Waals surface area contributed by atoms with Crippen molar-refractivity contribution in [3.05, 3.63) is 0 Å². The molecule has 2 saturated heterocycles. The van der Waals surface area contributed by atoms with Crippen LogP contribution in [0.1, 0.15) is 26.7 Å². The third-order valence-electron chi connectivity index (χ3n) is 3.49. The van der Waals surface area contributed by atoms with E-state index in [1.807, 2.05) is 0 Å². The Morgan fingerprint density at radius 1 is 1.50 bits per heavy atom. The second-order valence-electron chi connectivity index (χ2n) is 4.85. The summed E-state index contributed by atoms with van der Waals surface area (Å²) in [7, 11) is 0. The summed E-state index contributed by atoms with van der Waals surface area (Å²) in [6.45, 7) is 3.81. The van der Waals surface area contributed by atoms with Crippen molar-refractivity contribution in [2.45, 2.75) is 32.2 Å². The van der Waals surface area contributed by atoms with Gasteiger partial charge in [0.05, 0.1) is 0 Å². The molecule has 1 aliphatic carbocycles. The Morgan fingerprint density at radius 2 is 2.07 bits per heavy atom. The topological polar surface area (TPSA) is 57.6 Å². The quantitative estimate of drug-likeness (QED) is 0.709. The van der Waals surface area contributed by atoms with Gasteiger partial charge in [0.15, 0.2) is 0 Å². The monoisotopic (exact) mass is 197 g/mol. The first-order valence-corrected chi connectivity index (χ1v) is 4.98. The number of rotatable bonds is 2. The number of nitrogens with zero attached hydrogens (tertiary/aromatic N) is 1. The van der Waals surface area contributed by atoms with Crippen molar-refractivity contribution < 1.29 is 14.7 Å². The van der Waals surface area contributed by atoms with Gasteiger partial charge in [0.25, 0.3) is 0 Å². The van der Waals surface area contributed by atoms with Gasteiger partial charge >= 0.3 is 5.97 Å². The summed E-state index contributed by atoms with van der Waals surface area (Å²) in [5.41, 5.74) is -1.05. The van der Waals surface area contributed by atoms with E-state index in [0.29, 0.717) is 12.5 Å². The molecule has 14 heavy (non-hydrogen) atoms. The highest BCUT2D eigenvalue weighted by Gasteiger charge is 2.50. The van der Waals surface area contributed by atoms with Crippen molar-refractivity contribution in [1.82, 2.24) is 4.90 Å². The predicted octanol–water partition coefficient (Wildman–Crippen LogP) is 0.718. The van der Waals surface area contributed by atoms with Crippen molar-refractivity contribution >= 4 is 11.9 Å². The van der Waals surface area contributed by atoms with Gasteiger partial charge in [-0.15, -0.1) is 0 Å². The number of hydrogen-bond donors (Lipinski definition) is 1. The van der Waals surface area contributed by atoms with E-state index >= 15 is 0 Å². The van der Waals surface area contributed by atoms with Gasteiger partial charge in [0.1, 0.15) is 5.54 Å². The fourth-order valence-electron chi connectivity index (χ4n) is 2.27. The lowest BCUT2D eigenvalue weighted by Gasteiger charge is -2.50. The first-order valence-electron chi connectivity index (χ1n) is 4.98. The summed E-state index contributed by atoms with van der Waals surface area (Å²) in [5, 5.41) is 9.02. The van der Waals surface area contributed by atoms with E-state index in [4.69, 9.17) is 5.11 Å². The highest BCUT2D eigenvalue weighted by atomic mass is 16.4. The molecule has 0 atom stereocenters. The van der Waals surface area contributed by atoms with Crippen LogP contribution in [0.25, 0.3) is 0 Å². The van der Waals surface area contributed by atoms with Crippen LogP contribution in [-0.4, -0.2) is 34.0 Å². The predicted molar refractivity (Wildman–Crippen MR) is 49.6 cm³/mol. The molecular formula is C10H15NO3. The lowest BCUT2D eigenvalue weighted by atomic mass is 9.69. The molecule has 3 aliphatic rings. The molecule has 3 fully saturated rings. The van der Waals surface area contributed by atoms with E-state index < -0.39 is 11.5 Å². The molecule has 1 N–H and O–H groups in total. The minimum absolute atomic E-state index is 0.0277. The van der Waals surface area contributed by atoms with Crippen LogP contribution in [0.2, 0.25) is 0 Å². The number of fused-ring (bicyclic) bond motifs is 2. The standard InChI is InChI=1S/C10H15NO3/c1-10(2,9(13)14)11-5-6-3-7(4-6)8(11)12/h6-7H,3-5H2,1-2H3,(H,13,14). The lowest BCUT2D eigenvalue weighted by molar-refractivity contribution is -0.169. The van der Waals surface area contributed by atoms with E-state index in [-0.39, 0.29) is 11.8 Å². The van der Waals surface area contributed by atoms with Crippen LogP contribution in [0.5, 0.6) is 0 Å². The van der Waals surface area contributed by atoms with Crippen molar-refractivity contribution in [3.8, 4) is 0 Å². The van der Waals surface area contributed by atoms with E-state index in [9.17, 15) is 9.59 Å². The largest absolute Gasteiger partial charge is 0.480 e. The van der Waals surface area contributed by atoms with E-state index in [2.05, 4.69) is 0 Å². The Hall–Kier alpha value is -1.06. The number of carboxylic acid groups (broad SMARTS) is 1. The zero-order chi connectivity index (χ0) is 10.5. The molecule has 0 radical (unpaired) electrons. The zero-order valence-corrected chi connectivity index (χ0v) is 8.49. The van der Waals surface area contributed by atoms with Gasteiger partial charge in [0.2, 0.25) is 5.91 Å². The summed E-state index contributed by atoms with van der Waals surface area (Å²) < 4.78 is 0. The SMILES string of the molecule is CC(C)(C(=O)O)N1CC2CC(C2)C1=O. The van der Waals surface area contributed by atoms with Crippen LogP contribution in [0.3, 0.4) is 0 Å². The highest BCUT2D eigenvalue weighted by Crippen LogP contribution is 2.42. The Balaban J connectivity index is 2.19. The maximum absolute atomic E-state index is 11.8. The van der Waals surface area contributed by atoms with Crippen molar-refractivity contribution in [1.29, 1.82) is 0 Å². The number of carbonyl (C=O) groups excluding carboxylic acids is 1. The average Bonchev–Trinajstić information content (AvgIpc) is 2.01. The first kappa shape index (κ1) is 9.49. The number of amides is 1. The van der Waals surface area contributed by atoms with E-state index in [1.54, 1.807) is 13.8 Å². The third kappa shape index (κ3) is 1.13. The average molecular weight is 197 g/mol. The Bertz CT molecular complexity index is 292. The normalized spacial score (nSPS) is 31.3. The smallest absolute Gasteiger partial charge is 0.329 e. The van der Waals surface area contributed by atoms with Crippen LogP contribution >= 0.6 is 0 Å². The molecule has 1 amide bonds. The molecule has 4 nitrogen and oxygen atoms in total. The molecular weight excluding hydrogens is 182 g/mol. The maximum atomic E-state index is 11.8. The van der Waals surface area contributed by atoms with Crippen molar-refractivity contribution in [2.75, 3.05) is 6.54 Å². The Morgan fingerprint density at radius 3 is 2.50 bits per heavy atom. The fraction of sp³-hybridized carbons (Fsp3) is 0.800. The first-order chi connectivity index (χ1) is 6.43. The van der Waals surface area contributed by atoms with Crippen LogP contribution in [-0.2, 0) is 9.59 Å². The van der Waals surface area contributed by atoms with Crippen LogP contribution < -0.4 is 0 Å². The van der Waals surface area contributed by atoms with Crippen LogP contribution in [0.15, 0.2) is 0 Å². The molecule has 2 aliphatic heterocycles. The molecule has 3 rings (SSSR count). The second-order valence-corrected chi connectivity index (χ2v) is 4.85.